The molecule has 0 bridgehead atoms. The van der Waals surface area contributed by atoms with Crippen LogP contribution in [0.4, 0.5) is 8.78 Å². The van der Waals surface area contributed by atoms with Crippen LogP contribution in [0.15, 0.2) is 42.5 Å². The minimum atomic E-state index is -0.454. The van der Waals surface area contributed by atoms with Crippen molar-refractivity contribution in [3.63, 3.8) is 0 Å². The summed E-state index contributed by atoms with van der Waals surface area (Å²) in [5, 5.41) is 3.34. The molecule has 0 heterocycles. The zero-order chi connectivity index (χ0) is 13.8. The van der Waals surface area contributed by atoms with E-state index in [1.807, 2.05) is 6.92 Å². The molecule has 0 aliphatic heterocycles. The van der Waals surface area contributed by atoms with Crippen LogP contribution in [0, 0.1) is 11.6 Å². The average molecular weight is 282 g/mol. The normalized spacial score (nSPS) is 12.4. The zero-order valence-corrected chi connectivity index (χ0v) is 11.2. The highest BCUT2D eigenvalue weighted by atomic mass is 35.5. The van der Waals surface area contributed by atoms with E-state index in [2.05, 4.69) is 5.32 Å². The molecule has 1 atom stereocenters. The number of nitrogens with one attached hydrogen (secondary N) is 1. The first-order chi connectivity index (χ1) is 9.11. The van der Waals surface area contributed by atoms with E-state index in [4.69, 9.17) is 11.6 Å². The van der Waals surface area contributed by atoms with Crippen molar-refractivity contribution in [3.05, 3.63) is 70.2 Å². The van der Waals surface area contributed by atoms with Crippen LogP contribution in [-0.2, 0) is 0 Å². The van der Waals surface area contributed by atoms with E-state index in [1.54, 1.807) is 18.2 Å². The summed E-state index contributed by atoms with van der Waals surface area (Å²) in [6.07, 6.45) is 0. The van der Waals surface area contributed by atoms with Gasteiger partial charge in [-0.2, -0.15) is 0 Å². The van der Waals surface area contributed by atoms with Gasteiger partial charge in [-0.15, -0.1) is 0 Å². The van der Waals surface area contributed by atoms with Crippen LogP contribution in [0.25, 0.3) is 0 Å². The molecule has 0 aliphatic carbocycles. The molecule has 1 unspecified atom stereocenters. The Labute approximate surface area is 116 Å². The van der Waals surface area contributed by atoms with Crippen molar-refractivity contribution < 1.29 is 8.78 Å². The van der Waals surface area contributed by atoms with Gasteiger partial charge in [-0.05, 0) is 41.9 Å². The molecule has 0 amide bonds. The first-order valence-electron chi connectivity index (χ1n) is 6.05. The molecule has 0 fully saturated rings. The second kappa shape index (κ2) is 6.13. The number of halogens is 3. The third kappa shape index (κ3) is 3.31. The Bertz CT molecular complexity index is 555. The van der Waals surface area contributed by atoms with Crippen molar-refractivity contribution in [2.75, 3.05) is 6.54 Å². The largest absolute Gasteiger partial charge is 0.307 e. The maximum Gasteiger partial charge on any atom is 0.142 e. The summed E-state index contributed by atoms with van der Waals surface area (Å²) in [5.41, 5.74) is 1.64. The molecule has 1 N–H and O–H groups in total. The number of rotatable bonds is 4. The standard InChI is InChI=1S/C15H14ClF2N/c1-2-19-15(10-3-6-12(17)7-4-10)11-5-8-13(16)14(18)9-11/h3-9,15,19H,2H2,1H3. The molecule has 19 heavy (non-hydrogen) atoms. The van der Waals surface area contributed by atoms with Crippen LogP contribution in [0.1, 0.15) is 24.1 Å². The fourth-order valence-electron chi connectivity index (χ4n) is 1.98. The lowest BCUT2D eigenvalue weighted by molar-refractivity contribution is 0.599. The van der Waals surface area contributed by atoms with Crippen molar-refractivity contribution >= 4 is 11.6 Å². The second-order valence-corrected chi connectivity index (χ2v) is 4.62. The Balaban J connectivity index is 2.38. The smallest absolute Gasteiger partial charge is 0.142 e. The molecule has 4 heteroatoms. The van der Waals surface area contributed by atoms with E-state index in [9.17, 15) is 8.78 Å². The summed E-state index contributed by atoms with van der Waals surface area (Å²) < 4.78 is 26.5. The fraction of sp³-hybridized carbons (Fsp3) is 0.200. The van der Waals surface area contributed by atoms with E-state index < -0.39 is 5.82 Å². The van der Waals surface area contributed by atoms with Gasteiger partial charge in [0.15, 0.2) is 0 Å². The van der Waals surface area contributed by atoms with Gasteiger partial charge in [0.05, 0.1) is 11.1 Å². The van der Waals surface area contributed by atoms with Gasteiger partial charge in [-0.1, -0.05) is 36.7 Å². The first-order valence-corrected chi connectivity index (χ1v) is 6.43. The van der Waals surface area contributed by atoms with E-state index in [0.717, 1.165) is 11.1 Å². The SMILES string of the molecule is CCNC(c1ccc(F)cc1)c1ccc(Cl)c(F)c1. The van der Waals surface area contributed by atoms with Crippen molar-refractivity contribution in [3.8, 4) is 0 Å². The number of benzene rings is 2. The Kier molecular flexibility index (Phi) is 4.51. The summed E-state index contributed by atoms with van der Waals surface area (Å²) in [6, 6.07) is 10.7. The molecular formula is C15H14ClF2N. The van der Waals surface area contributed by atoms with Gasteiger partial charge in [0.2, 0.25) is 0 Å². The molecule has 0 radical (unpaired) electrons. The highest BCUT2D eigenvalue weighted by molar-refractivity contribution is 6.30. The molecule has 1 nitrogen and oxygen atoms in total. The lowest BCUT2D eigenvalue weighted by Crippen LogP contribution is -2.22. The lowest BCUT2D eigenvalue weighted by atomic mass is 9.98. The monoisotopic (exact) mass is 281 g/mol. The van der Waals surface area contributed by atoms with Gasteiger partial charge in [-0.3, -0.25) is 0 Å². The van der Waals surface area contributed by atoms with E-state index in [0.29, 0.717) is 6.54 Å². The van der Waals surface area contributed by atoms with Crippen LogP contribution < -0.4 is 5.32 Å². The predicted molar refractivity (Wildman–Crippen MR) is 73.3 cm³/mol. The molecule has 100 valence electrons. The van der Waals surface area contributed by atoms with Gasteiger partial charge in [0.25, 0.3) is 0 Å². The molecule has 0 aliphatic rings. The molecule has 0 saturated heterocycles. The van der Waals surface area contributed by atoms with Crippen LogP contribution in [-0.4, -0.2) is 6.54 Å². The lowest BCUT2D eigenvalue weighted by Gasteiger charge is -2.19. The Morgan fingerprint density at radius 1 is 1.05 bits per heavy atom. The summed E-state index contributed by atoms with van der Waals surface area (Å²) >= 11 is 5.68. The zero-order valence-electron chi connectivity index (χ0n) is 10.5. The fourth-order valence-corrected chi connectivity index (χ4v) is 2.10. The first kappa shape index (κ1) is 14.0. The van der Waals surface area contributed by atoms with Crippen molar-refractivity contribution in [2.45, 2.75) is 13.0 Å². The summed E-state index contributed by atoms with van der Waals surface area (Å²) in [5.74, 6) is -0.745. The third-order valence-corrected chi connectivity index (χ3v) is 3.20. The molecule has 2 aromatic rings. The van der Waals surface area contributed by atoms with E-state index in [1.165, 1.54) is 24.3 Å². The highest BCUT2D eigenvalue weighted by Gasteiger charge is 2.14. The van der Waals surface area contributed by atoms with Gasteiger partial charge >= 0.3 is 0 Å². The molecule has 2 rings (SSSR count). The van der Waals surface area contributed by atoms with Crippen LogP contribution in [0.2, 0.25) is 5.02 Å². The van der Waals surface area contributed by atoms with Crippen LogP contribution >= 0.6 is 11.6 Å². The molecule has 2 aromatic carbocycles. The average Bonchev–Trinajstić information content (AvgIpc) is 2.41. The minimum absolute atomic E-state index is 0.0955. The van der Waals surface area contributed by atoms with Crippen molar-refractivity contribution in [2.24, 2.45) is 0 Å². The topological polar surface area (TPSA) is 12.0 Å². The van der Waals surface area contributed by atoms with Crippen molar-refractivity contribution in [1.29, 1.82) is 0 Å². The Morgan fingerprint density at radius 2 is 1.68 bits per heavy atom. The number of hydrogen-bond acceptors (Lipinski definition) is 1. The van der Waals surface area contributed by atoms with Crippen LogP contribution in [0.3, 0.4) is 0 Å². The van der Waals surface area contributed by atoms with E-state index >= 15 is 0 Å². The maximum absolute atomic E-state index is 13.5. The molecular weight excluding hydrogens is 268 g/mol. The van der Waals surface area contributed by atoms with E-state index in [-0.39, 0.29) is 16.9 Å². The number of hydrogen-bond donors (Lipinski definition) is 1. The van der Waals surface area contributed by atoms with Gasteiger partial charge < -0.3 is 5.32 Å². The molecule has 0 spiro atoms. The third-order valence-electron chi connectivity index (χ3n) is 2.89. The Morgan fingerprint density at radius 3 is 2.26 bits per heavy atom. The quantitative estimate of drug-likeness (QED) is 0.880. The summed E-state index contributed by atoms with van der Waals surface area (Å²) in [6.45, 7) is 2.68. The predicted octanol–water partition coefficient (Wildman–Crippen LogP) is 4.32. The molecule has 0 saturated carbocycles. The van der Waals surface area contributed by atoms with Gasteiger partial charge in [0.1, 0.15) is 11.6 Å². The summed E-state index contributed by atoms with van der Waals surface area (Å²) in [7, 11) is 0. The summed E-state index contributed by atoms with van der Waals surface area (Å²) in [4.78, 5) is 0. The molecule has 0 aromatic heterocycles. The van der Waals surface area contributed by atoms with Crippen LogP contribution in [0.5, 0.6) is 0 Å². The van der Waals surface area contributed by atoms with Gasteiger partial charge in [-0.25, -0.2) is 8.78 Å². The Hall–Kier alpha value is -1.45. The van der Waals surface area contributed by atoms with Crippen molar-refractivity contribution in [1.82, 2.24) is 5.32 Å². The van der Waals surface area contributed by atoms with Gasteiger partial charge in [0, 0.05) is 0 Å². The maximum atomic E-state index is 13.5. The minimum Gasteiger partial charge on any atom is -0.307 e. The second-order valence-electron chi connectivity index (χ2n) is 4.22. The highest BCUT2D eigenvalue weighted by Crippen LogP contribution is 2.25.